The van der Waals surface area contributed by atoms with E-state index in [0.29, 0.717) is 0 Å². The van der Waals surface area contributed by atoms with Gasteiger partial charge in [0.1, 0.15) is 5.82 Å². The van der Waals surface area contributed by atoms with Crippen LogP contribution in [0.4, 0.5) is 0 Å². The molecular formula is C30H28N2O. The van der Waals surface area contributed by atoms with Gasteiger partial charge in [-0.25, -0.2) is 4.98 Å². The molecule has 1 aromatic heterocycles. The number of imidazole rings is 1. The van der Waals surface area contributed by atoms with Crippen molar-refractivity contribution < 1.29 is 4.74 Å². The molecule has 0 N–H and O–H groups in total. The van der Waals surface area contributed by atoms with Crippen molar-refractivity contribution in [3.05, 3.63) is 95.6 Å². The van der Waals surface area contributed by atoms with Crippen LogP contribution in [0, 0.1) is 6.92 Å². The molecule has 1 aliphatic rings. The smallest absolute Gasteiger partial charge is 0.145 e. The van der Waals surface area contributed by atoms with Gasteiger partial charge >= 0.3 is 0 Å². The van der Waals surface area contributed by atoms with Crippen LogP contribution in [0.5, 0.6) is 0 Å². The van der Waals surface area contributed by atoms with Crippen molar-refractivity contribution in [3.8, 4) is 17.1 Å². The zero-order valence-electron chi connectivity index (χ0n) is 19.8. The monoisotopic (exact) mass is 432 g/mol. The van der Waals surface area contributed by atoms with Crippen molar-refractivity contribution in [1.82, 2.24) is 9.55 Å². The van der Waals surface area contributed by atoms with Gasteiger partial charge in [-0.05, 0) is 86.3 Å². The van der Waals surface area contributed by atoms with Crippen LogP contribution >= 0.6 is 0 Å². The second-order valence-electron chi connectivity index (χ2n) is 10.1. The lowest BCUT2D eigenvalue weighted by molar-refractivity contribution is -0.105. The number of fused-ring (bicyclic) bond motifs is 3. The third-order valence-electron chi connectivity index (χ3n) is 6.97. The Bertz CT molecular complexity index is 1550. The fourth-order valence-electron chi connectivity index (χ4n) is 5.45. The van der Waals surface area contributed by atoms with E-state index in [4.69, 9.17) is 9.72 Å². The Hall–Kier alpha value is -3.43. The summed E-state index contributed by atoms with van der Waals surface area (Å²) in [6.45, 7) is 10.8. The van der Waals surface area contributed by atoms with E-state index in [0.717, 1.165) is 28.1 Å². The summed E-state index contributed by atoms with van der Waals surface area (Å²) in [5.74, 6) is 0.963. The highest BCUT2D eigenvalue weighted by molar-refractivity contribution is 5.90. The first-order chi connectivity index (χ1) is 15.7. The maximum absolute atomic E-state index is 6.44. The molecule has 0 aliphatic carbocycles. The van der Waals surface area contributed by atoms with Gasteiger partial charge in [0.2, 0.25) is 0 Å². The molecule has 0 unspecified atom stereocenters. The zero-order valence-corrected chi connectivity index (χ0v) is 19.8. The summed E-state index contributed by atoms with van der Waals surface area (Å²) in [4.78, 5) is 5.21. The molecule has 0 amide bonds. The number of benzene rings is 4. The molecule has 0 radical (unpaired) electrons. The van der Waals surface area contributed by atoms with Gasteiger partial charge < -0.3 is 4.74 Å². The number of para-hydroxylation sites is 1. The molecule has 1 aliphatic heterocycles. The molecule has 164 valence electrons. The number of aromatic nitrogens is 2. The Morgan fingerprint density at radius 1 is 0.727 bits per heavy atom. The van der Waals surface area contributed by atoms with Crippen LogP contribution in [0.25, 0.3) is 38.9 Å². The van der Waals surface area contributed by atoms with Gasteiger partial charge in [-0.1, -0.05) is 54.6 Å². The van der Waals surface area contributed by atoms with Crippen molar-refractivity contribution in [2.24, 2.45) is 0 Å². The molecule has 0 bridgehead atoms. The number of hydrogen-bond donors (Lipinski definition) is 0. The lowest BCUT2D eigenvalue weighted by Crippen LogP contribution is -2.22. The Balaban J connectivity index is 1.70. The van der Waals surface area contributed by atoms with E-state index in [1.165, 1.54) is 27.5 Å². The lowest BCUT2D eigenvalue weighted by Gasteiger charge is -2.24. The molecule has 0 saturated heterocycles. The molecule has 5 aromatic rings. The van der Waals surface area contributed by atoms with Crippen molar-refractivity contribution in [3.63, 3.8) is 0 Å². The minimum absolute atomic E-state index is 0.345. The van der Waals surface area contributed by atoms with Crippen LogP contribution < -0.4 is 0 Å². The predicted molar refractivity (Wildman–Crippen MR) is 136 cm³/mol. The number of rotatable bonds is 2. The van der Waals surface area contributed by atoms with Crippen LogP contribution in [0.1, 0.15) is 44.4 Å². The van der Waals surface area contributed by atoms with Gasteiger partial charge in [0.15, 0.2) is 0 Å². The van der Waals surface area contributed by atoms with E-state index in [1.54, 1.807) is 0 Å². The van der Waals surface area contributed by atoms with Gasteiger partial charge in [0, 0.05) is 5.56 Å². The van der Waals surface area contributed by atoms with E-state index in [9.17, 15) is 0 Å². The Morgan fingerprint density at radius 2 is 1.39 bits per heavy atom. The Kier molecular flexibility index (Phi) is 4.15. The molecule has 33 heavy (non-hydrogen) atoms. The van der Waals surface area contributed by atoms with E-state index in [2.05, 4.69) is 118 Å². The number of nitrogens with zero attached hydrogens (tertiary/aromatic N) is 2. The predicted octanol–water partition coefficient (Wildman–Crippen LogP) is 7.65. The lowest BCUT2D eigenvalue weighted by atomic mass is 9.90. The summed E-state index contributed by atoms with van der Waals surface area (Å²) >= 11 is 0. The zero-order chi connectivity index (χ0) is 23.0. The Labute approximate surface area is 194 Å². The summed E-state index contributed by atoms with van der Waals surface area (Å²) in [7, 11) is 0. The fourth-order valence-corrected chi connectivity index (χ4v) is 5.45. The standard InChI is InChI=1S/C30H28N2O/c1-19-10-6-9-13-26(19)32-27-18-24-23(29(2,3)33-30(24,4)5)17-25(27)31-28(32)22-15-14-20-11-7-8-12-21(20)16-22/h6-18H,1-5H3. The average molecular weight is 433 g/mol. The third kappa shape index (κ3) is 3.03. The summed E-state index contributed by atoms with van der Waals surface area (Å²) in [5, 5.41) is 2.45. The van der Waals surface area contributed by atoms with Gasteiger partial charge in [0.25, 0.3) is 0 Å². The maximum atomic E-state index is 6.44. The first kappa shape index (κ1) is 20.2. The molecule has 3 nitrogen and oxygen atoms in total. The average Bonchev–Trinajstić information content (AvgIpc) is 3.24. The molecule has 3 heteroatoms. The molecule has 0 atom stereocenters. The van der Waals surface area contributed by atoms with E-state index in [-0.39, 0.29) is 11.2 Å². The molecular weight excluding hydrogens is 404 g/mol. The first-order valence-electron chi connectivity index (χ1n) is 11.6. The second kappa shape index (κ2) is 6.79. The first-order valence-corrected chi connectivity index (χ1v) is 11.6. The highest BCUT2D eigenvalue weighted by atomic mass is 16.5. The summed E-state index contributed by atoms with van der Waals surface area (Å²) in [5.41, 5.74) is 7.35. The SMILES string of the molecule is Cc1ccccc1-n1c(-c2ccc3ccccc3c2)nc2cc3c(cc21)C(C)(C)OC3(C)C. The van der Waals surface area contributed by atoms with Crippen LogP contribution in [0.15, 0.2) is 78.9 Å². The minimum Gasteiger partial charge on any atom is -0.360 e. The van der Waals surface area contributed by atoms with E-state index >= 15 is 0 Å². The molecule has 0 fully saturated rings. The maximum Gasteiger partial charge on any atom is 0.145 e. The highest BCUT2D eigenvalue weighted by Crippen LogP contribution is 2.48. The number of aryl methyl sites for hydroxylation is 1. The largest absolute Gasteiger partial charge is 0.360 e. The second-order valence-corrected chi connectivity index (χ2v) is 10.1. The fraction of sp³-hybridized carbons (Fsp3) is 0.233. The van der Waals surface area contributed by atoms with E-state index < -0.39 is 0 Å². The number of hydrogen-bond acceptors (Lipinski definition) is 2. The molecule has 2 heterocycles. The quantitative estimate of drug-likeness (QED) is 0.286. The minimum atomic E-state index is -0.350. The van der Waals surface area contributed by atoms with Gasteiger partial charge in [-0.15, -0.1) is 0 Å². The van der Waals surface area contributed by atoms with Crippen LogP contribution in [-0.2, 0) is 15.9 Å². The van der Waals surface area contributed by atoms with Gasteiger partial charge in [-0.2, -0.15) is 0 Å². The summed E-state index contributed by atoms with van der Waals surface area (Å²) in [6.07, 6.45) is 0. The normalized spacial score (nSPS) is 16.4. The van der Waals surface area contributed by atoms with Crippen LogP contribution in [0.2, 0.25) is 0 Å². The topological polar surface area (TPSA) is 27.1 Å². The van der Waals surface area contributed by atoms with Gasteiger partial charge in [0.05, 0.1) is 27.9 Å². The molecule has 6 rings (SSSR count). The van der Waals surface area contributed by atoms with E-state index in [1.807, 2.05) is 0 Å². The van der Waals surface area contributed by atoms with Gasteiger partial charge in [-0.3, -0.25) is 4.57 Å². The third-order valence-corrected chi connectivity index (χ3v) is 6.97. The number of ether oxygens (including phenoxy) is 1. The van der Waals surface area contributed by atoms with Crippen molar-refractivity contribution in [1.29, 1.82) is 0 Å². The summed E-state index contributed by atoms with van der Waals surface area (Å²) < 4.78 is 8.76. The van der Waals surface area contributed by atoms with Crippen molar-refractivity contribution in [2.45, 2.75) is 45.8 Å². The summed E-state index contributed by atoms with van der Waals surface area (Å²) in [6, 6.07) is 28.2. The van der Waals surface area contributed by atoms with Crippen molar-refractivity contribution >= 4 is 21.8 Å². The molecule has 0 saturated carbocycles. The Morgan fingerprint density at radius 3 is 2.15 bits per heavy atom. The van der Waals surface area contributed by atoms with Crippen LogP contribution in [0.3, 0.4) is 0 Å². The highest BCUT2D eigenvalue weighted by Gasteiger charge is 2.43. The van der Waals surface area contributed by atoms with Crippen molar-refractivity contribution in [2.75, 3.05) is 0 Å². The molecule has 4 aromatic carbocycles. The molecule has 0 spiro atoms. The van der Waals surface area contributed by atoms with Crippen LogP contribution in [-0.4, -0.2) is 9.55 Å².